The Balaban J connectivity index is 1.59. The van der Waals surface area contributed by atoms with Gasteiger partial charge in [0.15, 0.2) is 0 Å². The number of rotatable bonds is 6. The van der Waals surface area contributed by atoms with Crippen LogP contribution in [0.3, 0.4) is 0 Å². The van der Waals surface area contributed by atoms with Crippen LogP contribution in [-0.2, 0) is 4.79 Å². The van der Waals surface area contributed by atoms with Crippen molar-refractivity contribution in [3.05, 3.63) is 30.1 Å². The lowest BCUT2D eigenvalue weighted by molar-refractivity contribution is -0.117. The van der Waals surface area contributed by atoms with Crippen LogP contribution >= 0.6 is 0 Å². The molecule has 1 saturated carbocycles. The highest BCUT2D eigenvalue weighted by Crippen LogP contribution is 2.35. The highest BCUT2D eigenvalue weighted by molar-refractivity contribution is 5.92. The predicted molar refractivity (Wildman–Crippen MR) is 109 cm³/mol. The normalized spacial score (nSPS) is 25.5. The Hall–Kier alpha value is -1.42. The number of amides is 1. The molecule has 1 heterocycles. The monoisotopic (exact) mass is 374 g/mol. The molecule has 0 spiro atoms. The van der Waals surface area contributed by atoms with Crippen LogP contribution in [0.1, 0.15) is 65.7 Å². The zero-order valence-corrected chi connectivity index (χ0v) is 17.2. The van der Waals surface area contributed by atoms with Gasteiger partial charge >= 0.3 is 0 Å². The predicted octanol–water partition coefficient (Wildman–Crippen LogP) is 5.25. The minimum absolute atomic E-state index is 0.0482. The van der Waals surface area contributed by atoms with Gasteiger partial charge in [0.2, 0.25) is 5.91 Å². The fourth-order valence-electron chi connectivity index (χ4n) is 5.26. The molecule has 2 aliphatic rings. The lowest BCUT2D eigenvalue weighted by Gasteiger charge is -2.41. The van der Waals surface area contributed by atoms with Gasteiger partial charge in [0, 0.05) is 37.8 Å². The van der Waals surface area contributed by atoms with Gasteiger partial charge in [-0.1, -0.05) is 26.7 Å². The van der Waals surface area contributed by atoms with Gasteiger partial charge in [0.25, 0.3) is 0 Å². The third-order valence-corrected chi connectivity index (χ3v) is 6.70. The van der Waals surface area contributed by atoms with Gasteiger partial charge in [0.05, 0.1) is 0 Å². The van der Waals surface area contributed by atoms with Crippen LogP contribution in [0, 0.1) is 17.7 Å². The maximum Gasteiger partial charge on any atom is 0.224 e. The molecule has 2 fully saturated rings. The molecule has 3 rings (SSSR count). The molecule has 150 valence electrons. The highest BCUT2D eigenvalue weighted by atomic mass is 19.1. The van der Waals surface area contributed by atoms with Crippen molar-refractivity contribution in [2.75, 3.05) is 18.0 Å². The highest BCUT2D eigenvalue weighted by Gasteiger charge is 2.32. The van der Waals surface area contributed by atoms with Gasteiger partial charge in [-0.15, -0.1) is 0 Å². The third kappa shape index (κ3) is 5.10. The number of hydrogen-bond donors (Lipinski definition) is 0. The van der Waals surface area contributed by atoms with E-state index in [1.807, 2.05) is 4.90 Å². The number of nitrogens with zero attached hydrogens (tertiary/aromatic N) is 2. The van der Waals surface area contributed by atoms with Crippen molar-refractivity contribution in [1.29, 1.82) is 0 Å². The SMILES string of the molecule is CCC(CC1CCC(C)C1)N1CCC(N(C(C)=O)c2ccc(F)cc2)CC1. The molecule has 0 bridgehead atoms. The van der Waals surface area contributed by atoms with E-state index >= 15 is 0 Å². The molecule has 1 amide bonds. The van der Waals surface area contributed by atoms with Crippen LogP contribution in [0.4, 0.5) is 10.1 Å². The Kier molecular flexibility index (Phi) is 6.91. The van der Waals surface area contributed by atoms with Crippen LogP contribution in [-0.4, -0.2) is 36.0 Å². The molecule has 4 heteroatoms. The summed E-state index contributed by atoms with van der Waals surface area (Å²) in [6.45, 7) is 8.42. The van der Waals surface area contributed by atoms with Crippen LogP contribution in [0.25, 0.3) is 0 Å². The number of hydrogen-bond acceptors (Lipinski definition) is 2. The molecule has 1 aliphatic carbocycles. The lowest BCUT2D eigenvalue weighted by atomic mass is 9.92. The summed E-state index contributed by atoms with van der Waals surface area (Å²) in [5.74, 6) is 1.59. The summed E-state index contributed by atoms with van der Waals surface area (Å²) in [4.78, 5) is 16.8. The molecular weight excluding hydrogens is 339 g/mol. The second-order valence-electron chi connectivity index (χ2n) is 8.71. The minimum atomic E-state index is -0.260. The second-order valence-corrected chi connectivity index (χ2v) is 8.71. The summed E-state index contributed by atoms with van der Waals surface area (Å²) in [7, 11) is 0. The van der Waals surface area contributed by atoms with Gasteiger partial charge in [-0.3, -0.25) is 4.79 Å². The van der Waals surface area contributed by atoms with Crippen molar-refractivity contribution in [1.82, 2.24) is 4.90 Å². The van der Waals surface area contributed by atoms with E-state index in [4.69, 9.17) is 0 Å². The first-order valence-corrected chi connectivity index (χ1v) is 10.8. The Morgan fingerprint density at radius 3 is 2.37 bits per heavy atom. The Morgan fingerprint density at radius 2 is 1.85 bits per heavy atom. The minimum Gasteiger partial charge on any atom is -0.310 e. The molecule has 3 unspecified atom stereocenters. The topological polar surface area (TPSA) is 23.6 Å². The number of carbonyl (C=O) groups excluding carboxylic acids is 1. The van der Waals surface area contributed by atoms with E-state index in [0.29, 0.717) is 6.04 Å². The standard InChI is InChI=1S/C23H35FN2O/c1-4-21(16-19-6-5-17(2)15-19)25-13-11-23(12-14-25)26(18(3)27)22-9-7-20(24)8-10-22/h7-10,17,19,21,23H,4-6,11-16H2,1-3H3. The maximum absolute atomic E-state index is 13.3. The van der Waals surface area contributed by atoms with Crippen molar-refractivity contribution >= 4 is 11.6 Å². The van der Waals surface area contributed by atoms with Crippen molar-refractivity contribution in [3.8, 4) is 0 Å². The average molecular weight is 375 g/mol. The fraction of sp³-hybridized carbons (Fsp3) is 0.696. The van der Waals surface area contributed by atoms with Gasteiger partial charge in [0.1, 0.15) is 5.82 Å². The van der Waals surface area contributed by atoms with Crippen molar-refractivity contribution in [3.63, 3.8) is 0 Å². The summed E-state index contributed by atoms with van der Waals surface area (Å²) in [5, 5.41) is 0. The largest absolute Gasteiger partial charge is 0.310 e. The van der Waals surface area contributed by atoms with Gasteiger partial charge < -0.3 is 9.80 Å². The fourth-order valence-corrected chi connectivity index (χ4v) is 5.26. The Morgan fingerprint density at radius 1 is 1.19 bits per heavy atom. The first kappa shape index (κ1) is 20.3. The van der Waals surface area contributed by atoms with Gasteiger partial charge in [-0.05, 0) is 68.2 Å². The van der Waals surface area contributed by atoms with E-state index in [2.05, 4.69) is 18.7 Å². The molecule has 1 aliphatic heterocycles. The molecule has 0 radical (unpaired) electrons. The van der Waals surface area contributed by atoms with Gasteiger partial charge in [-0.25, -0.2) is 4.39 Å². The van der Waals surface area contributed by atoms with Gasteiger partial charge in [-0.2, -0.15) is 0 Å². The smallest absolute Gasteiger partial charge is 0.224 e. The zero-order chi connectivity index (χ0) is 19.4. The molecule has 3 nitrogen and oxygen atoms in total. The molecular formula is C23H35FN2O. The third-order valence-electron chi connectivity index (χ3n) is 6.70. The maximum atomic E-state index is 13.3. The average Bonchev–Trinajstić information content (AvgIpc) is 3.07. The summed E-state index contributed by atoms with van der Waals surface area (Å²) < 4.78 is 13.3. The summed E-state index contributed by atoms with van der Waals surface area (Å²) in [5.41, 5.74) is 0.814. The molecule has 1 saturated heterocycles. The molecule has 0 N–H and O–H groups in total. The van der Waals surface area contributed by atoms with E-state index in [9.17, 15) is 9.18 Å². The van der Waals surface area contributed by atoms with Crippen LogP contribution < -0.4 is 4.90 Å². The summed E-state index contributed by atoms with van der Waals surface area (Å²) >= 11 is 0. The number of anilines is 1. The van der Waals surface area contributed by atoms with Crippen LogP contribution in [0.15, 0.2) is 24.3 Å². The van der Waals surface area contributed by atoms with Crippen LogP contribution in [0.2, 0.25) is 0 Å². The molecule has 1 aromatic rings. The van der Waals surface area contributed by atoms with Crippen molar-refractivity contribution in [2.24, 2.45) is 11.8 Å². The van der Waals surface area contributed by atoms with E-state index in [1.54, 1.807) is 19.1 Å². The molecule has 3 atom stereocenters. The Bertz CT molecular complexity index is 609. The quantitative estimate of drug-likeness (QED) is 0.679. The number of piperidine rings is 1. The summed E-state index contributed by atoms with van der Waals surface area (Å²) in [6, 6.07) is 7.22. The zero-order valence-electron chi connectivity index (χ0n) is 17.2. The number of benzene rings is 1. The van der Waals surface area contributed by atoms with E-state index in [0.717, 1.165) is 43.5 Å². The summed E-state index contributed by atoms with van der Waals surface area (Å²) in [6.07, 6.45) is 8.73. The number of halogens is 1. The molecule has 1 aromatic carbocycles. The van der Waals surface area contributed by atoms with E-state index < -0.39 is 0 Å². The number of carbonyl (C=O) groups is 1. The van der Waals surface area contributed by atoms with Crippen molar-refractivity contribution < 1.29 is 9.18 Å². The lowest BCUT2D eigenvalue weighted by Crippen LogP contribution is -2.49. The molecule has 0 aromatic heterocycles. The van der Waals surface area contributed by atoms with Crippen molar-refractivity contribution in [2.45, 2.75) is 77.8 Å². The van der Waals surface area contributed by atoms with E-state index in [-0.39, 0.29) is 17.8 Å². The number of likely N-dealkylation sites (tertiary alicyclic amines) is 1. The first-order valence-electron chi connectivity index (χ1n) is 10.8. The van der Waals surface area contributed by atoms with Crippen LogP contribution in [0.5, 0.6) is 0 Å². The first-order chi connectivity index (χ1) is 13.0. The molecule has 27 heavy (non-hydrogen) atoms. The second kappa shape index (κ2) is 9.18. The van der Waals surface area contributed by atoms with E-state index in [1.165, 1.54) is 44.2 Å². The Labute approximate surface area is 163 Å².